The minimum absolute atomic E-state index is 0.0257. The summed E-state index contributed by atoms with van der Waals surface area (Å²) in [6.45, 7) is 1.87. The number of anilines is 1. The quantitative estimate of drug-likeness (QED) is 0.490. The number of rotatable bonds is 7. The number of carbonyl (C=O) groups is 2. The van der Waals surface area contributed by atoms with Crippen LogP contribution in [0.2, 0.25) is 5.02 Å². The third-order valence-corrected chi connectivity index (χ3v) is 5.79. The Morgan fingerprint density at radius 3 is 2.52 bits per heavy atom. The summed E-state index contributed by atoms with van der Waals surface area (Å²) in [6.07, 6.45) is 3.28. The summed E-state index contributed by atoms with van der Waals surface area (Å²) in [4.78, 5) is 27.5. The number of aryl methyl sites for hydroxylation is 1. The molecule has 168 valence electrons. The van der Waals surface area contributed by atoms with E-state index in [2.05, 4.69) is 17.4 Å². The molecular formula is C27H25ClN2O3. The second-order valence-corrected chi connectivity index (χ2v) is 8.39. The van der Waals surface area contributed by atoms with Gasteiger partial charge in [0.25, 0.3) is 5.91 Å². The van der Waals surface area contributed by atoms with Crippen LogP contribution < -0.4 is 15.0 Å². The summed E-state index contributed by atoms with van der Waals surface area (Å²) in [7, 11) is 0. The molecule has 0 aromatic heterocycles. The van der Waals surface area contributed by atoms with Crippen molar-refractivity contribution in [3.8, 4) is 5.75 Å². The van der Waals surface area contributed by atoms with Crippen LogP contribution in [0.4, 0.5) is 5.69 Å². The van der Waals surface area contributed by atoms with E-state index in [1.807, 2.05) is 49.4 Å². The van der Waals surface area contributed by atoms with Crippen LogP contribution in [0.5, 0.6) is 5.75 Å². The van der Waals surface area contributed by atoms with Crippen LogP contribution in [0.15, 0.2) is 84.6 Å². The highest BCUT2D eigenvalue weighted by molar-refractivity contribution is 6.32. The number of amides is 2. The second kappa shape index (κ2) is 10.4. The summed E-state index contributed by atoms with van der Waals surface area (Å²) in [6, 6.07) is 24.5. The zero-order valence-corrected chi connectivity index (χ0v) is 19.1. The highest BCUT2D eigenvalue weighted by atomic mass is 35.5. The molecule has 0 unspecified atom stereocenters. The molecule has 1 aliphatic heterocycles. The monoisotopic (exact) mass is 460 g/mol. The number of benzene rings is 3. The molecule has 1 atom stereocenters. The largest absolute Gasteiger partial charge is 0.449 e. The molecule has 4 rings (SSSR count). The van der Waals surface area contributed by atoms with Crippen LogP contribution in [0.1, 0.15) is 24.5 Å². The Labute approximate surface area is 198 Å². The molecule has 0 aliphatic carbocycles. The van der Waals surface area contributed by atoms with Crippen LogP contribution in [0, 0.1) is 0 Å². The van der Waals surface area contributed by atoms with Gasteiger partial charge in [0.1, 0.15) is 6.54 Å². The molecule has 0 bridgehead atoms. The van der Waals surface area contributed by atoms with Gasteiger partial charge in [-0.1, -0.05) is 72.3 Å². The normalized spacial score (nSPS) is 15.0. The van der Waals surface area contributed by atoms with E-state index in [0.29, 0.717) is 22.0 Å². The molecule has 1 aliphatic rings. The summed E-state index contributed by atoms with van der Waals surface area (Å²) in [5, 5.41) is 3.52. The lowest BCUT2D eigenvalue weighted by atomic mass is 10.1. The zero-order chi connectivity index (χ0) is 23.2. The van der Waals surface area contributed by atoms with Gasteiger partial charge in [-0.05, 0) is 55.2 Å². The van der Waals surface area contributed by atoms with Gasteiger partial charge < -0.3 is 10.1 Å². The average Bonchev–Trinajstić information content (AvgIpc) is 2.82. The molecule has 33 heavy (non-hydrogen) atoms. The maximum absolute atomic E-state index is 13.2. The maximum atomic E-state index is 13.2. The van der Waals surface area contributed by atoms with Gasteiger partial charge in [0.05, 0.1) is 5.69 Å². The number of hydrogen-bond donors (Lipinski definition) is 1. The number of carbonyl (C=O) groups excluding carboxylic acids is 2. The second-order valence-electron chi connectivity index (χ2n) is 7.98. The number of fused-ring (bicyclic) bond motifs is 1. The van der Waals surface area contributed by atoms with Crippen molar-refractivity contribution in [2.75, 3.05) is 11.4 Å². The highest BCUT2D eigenvalue weighted by Gasteiger charge is 2.31. The summed E-state index contributed by atoms with van der Waals surface area (Å²) in [5.74, 6) is 0.0190. The molecule has 1 heterocycles. The molecule has 0 saturated heterocycles. The van der Waals surface area contributed by atoms with Crippen molar-refractivity contribution in [3.05, 3.63) is 101 Å². The van der Waals surface area contributed by atoms with Crippen LogP contribution in [0.25, 0.3) is 6.08 Å². The first-order valence-corrected chi connectivity index (χ1v) is 11.3. The van der Waals surface area contributed by atoms with E-state index < -0.39 is 0 Å². The van der Waals surface area contributed by atoms with Crippen molar-refractivity contribution in [2.45, 2.75) is 25.8 Å². The fraction of sp³-hybridized carbons (Fsp3) is 0.185. The van der Waals surface area contributed by atoms with Crippen molar-refractivity contribution < 1.29 is 14.3 Å². The van der Waals surface area contributed by atoms with Crippen molar-refractivity contribution in [1.29, 1.82) is 0 Å². The van der Waals surface area contributed by atoms with Gasteiger partial charge in [0, 0.05) is 11.1 Å². The molecule has 5 nitrogen and oxygen atoms in total. The lowest BCUT2D eigenvalue weighted by molar-refractivity contribution is -0.123. The van der Waals surface area contributed by atoms with Gasteiger partial charge >= 0.3 is 0 Å². The minimum atomic E-state index is -0.388. The van der Waals surface area contributed by atoms with Crippen molar-refractivity contribution >= 4 is 35.2 Å². The molecule has 6 heteroatoms. The molecule has 0 spiro atoms. The summed E-state index contributed by atoms with van der Waals surface area (Å²) < 4.78 is 5.86. The van der Waals surface area contributed by atoms with E-state index in [1.54, 1.807) is 30.3 Å². The van der Waals surface area contributed by atoms with Crippen molar-refractivity contribution in [3.63, 3.8) is 0 Å². The van der Waals surface area contributed by atoms with E-state index in [-0.39, 0.29) is 30.2 Å². The van der Waals surface area contributed by atoms with Crippen molar-refractivity contribution in [2.24, 2.45) is 0 Å². The topological polar surface area (TPSA) is 58.6 Å². The first-order valence-electron chi connectivity index (χ1n) is 10.9. The van der Waals surface area contributed by atoms with Crippen LogP contribution in [0.3, 0.4) is 0 Å². The SMILES string of the molecule is C[C@@H](CCc1ccccc1)NC(=O)CN1C(=O)/C(=C\c2ccccc2Cl)Oc2ccccc21. The standard InChI is InChI=1S/C27H25ClN2O3/c1-19(15-16-20-9-3-2-4-10-20)29-26(31)18-30-23-13-7-8-14-24(23)33-25(27(30)32)17-21-11-5-6-12-22(21)28/h2-14,17,19H,15-16,18H2,1H3,(H,29,31)/b25-17+/t19-/m0/s1. The predicted molar refractivity (Wildman–Crippen MR) is 131 cm³/mol. The van der Waals surface area contributed by atoms with E-state index in [1.165, 1.54) is 10.5 Å². The Balaban J connectivity index is 1.48. The van der Waals surface area contributed by atoms with Gasteiger partial charge in [-0.3, -0.25) is 14.5 Å². The molecular weight excluding hydrogens is 436 g/mol. The Kier molecular flexibility index (Phi) is 7.10. The van der Waals surface area contributed by atoms with Gasteiger partial charge in [0.2, 0.25) is 5.91 Å². The smallest absolute Gasteiger partial charge is 0.294 e. The van der Waals surface area contributed by atoms with E-state index in [0.717, 1.165) is 12.8 Å². The summed E-state index contributed by atoms with van der Waals surface area (Å²) >= 11 is 6.25. The third-order valence-electron chi connectivity index (χ3n) is 5.44. The van der Waals surface area contributed by atoms with Crippen LogP contribution in [-0.2, 0) is 16.0 Å². The molecule has 2 amide bonds. The molecule has 3 aromatic carbocycles. The number of ether oxygens (including phenoxy) is 1. The fourth-order valence-corrected chi connectivity index (χ4v) is 3.91. The first-order chi connectivity index (χ1) is 16.0. The number of nitrogens with one attached hydrogen (secondary N) is 1. The molecule has 0 saturated carbocycles. The zero-order valence-electron chi connectivity index (χ0n) is 18.3. The number of halogens is 1. The highest BCUT2D eigenvalue weighted by Crippen LogP contribution is 2.35. The maximum Gasteiger partial charge on any atom is 0.294 e. The van der Waals surface area contributed by atoms with Crippen LogP contribution in [-0.4, -0.2) is 24.4 Å². The minimum Gasteiger partial charge on any atom is -0.449 e. The van der Waals surface area contributed by atoms with E-state index in [9.17, 15) is 9.59 Å². The number of para-hydroxylation sites is 2. The van der Waals surface area contributed by atoms with E-state index >= 15 is 0 Å². The Bertz CT molecular complexity index is 1180. The van der Waals surface area contributed by atoms with Gasteiger partial charge in [0.15, 0.2) is 11.5 Å². The van der Waals surface area contributed by atoms with Gasteiger partial charge in [-0.25, -0.2) is 0 Å². The summed E-state index contributed by atoms with van der Waals surface area (Å²) in [5.41, 5.74) is 2.46. The van der Waals surface area contributed by atoms with E-state index in [4.69, 9.17) is 16.3 Å². The van der Waals surface area contributed by atoms with Crippen molar-refractivity contribution in [1.82, 2.24) is 5.32 Å². The van der Waals surface area contributed by atoms with Gasteiger partial charge in [-0.2, -0.15) is 0 Å². The Hall–Kier alpha value is -3.57. The fourth-order valence-electron chi connectivity index (χ4n) is 3.72. The lowest BCUT2D eigenvalue weighted by Crippen LogP contribution is -2.46. The molecule has 0 radical (unpaired) electrons. The molecule has 1 N–H and O–H groups in total. The molecule has 0 fully saturated rings. The number of nitrogens with zero attached hydrogens (tertiary/aromatic N) is 1. The molecule has 3 aromatic rings. The predicted octanol–water partition coefficient (Wildman–Crippen LogP) is 5.24. The first kappa shape index (κ1) is 22.6. The van der Waals surface area contributed by atoms with Gasteiger partial charge in [-0.15, -0.1) is 0 Å². The Morgan fingerprint density at radius 2 is 1.73 bits per heavy atom. The third kappa shape index (κ3) is 5.62. The average molecular weight is 461 g/mol. The Morgan fingerprint density at radius 1 is 1.03 bits per heavy atom. The van der Waals surface area contributed by atoms with Crippen LogP contribution >= 0.6 is 11.6 Å². The lowest BCUT2D eigenvalue weighted by Gasteiger charge is -2.30. The number of hydrogen-bond acceptors (Lipinski definition) is 3.